The summed E-state index contributed by atoms with van der Waals surface area (Å²) in [5.74, 6) is 2.44. The molecular weight excluding hydrogens is 194 g/mol. The van der Waals surface area contributed by atoms with Crippen molar-refractivity contribution in [2.75, 3.05) is 31.6 Å². The molecule has 0 fully saturated rings. The number of rotatable bonds is 5. The lowest BCUT2D eigenvalue weighted by atomic mass is 10.0. The Morgan fingerprint density at radius 1 is 1.64 bits per heavy atom. The van der Waals surface area contributed by atoms with Gasteiger partial charge in [-0.3, -0.25) is 4.79 Å². The molecule has 0 radical (unpaired) electrons. The van der Waals surface area contributed by atoms with Crippen LogP contribution < -0.4 is 0 Å². The second kappa shape index (κ2) is 6.25. The standard InChI is InChI=1S/C11H19NOS/c1-3-14-9-6-11(13)10-4-7-12(2)8-5-10/h4H,3,5-9H2,1-2H3. The maximum atomic E-state index is 11.7. The van der Waals surface area contributed by atoms with E-state index in [1.807, 2.05) is 11.8 Å². The number of Topliss-reactive ketones (excluding diaryl/α,β-unsaturated/α-hetero) is 1. The molecule has 0 saturated heterocycles. The van der Waals surface area contributed by atoms with Crippen molar-refractivity contribution in [2.45, 2.75) is 19.8 Å². The van der Waals surface area contributed by atoms with E-state index in [4.69, 9.17) is 0 Å². The normalized spacial score (nSPS) is 18.0. The predicted octanol–water partition coefficient (Wildman–Crippen LogP) is 1.96. The van der Waals surface area contributed by atoms with E-state index >= 15 is 0 Å². The quantitative estimate of drug-likeness (QED) is 0.651. The van der Waals surface area contributed by atoms with Gasteiger partial charge < -0.3 is 4.90 Å². The van der Waals surface area contributed by atoms with Crippen LogP contribution in [0.15, 0.2) is 11.6 Å². The number of hydrogen-bond acceptors (Lipinski definition) is 3. The van der Waals surface area contributed by atoms with Crippen molar-refractivity contribution in [3.05, 3.63) is 11.6 Å². The first-order valence-corrected chi connectivity index (χ1v) is 6.38. The van der Waals surface area contributed by atoms with Gasteiger partial charge in [-0.25, -0.2) is 0 Å². The number of hydrogen-bond donors (Lipinski definition) is 0. The van der Waals surface area contributed by atoms with Gasteiger partial charge in [-0.1, -0.05) is 13.0 Å². The molecule has 1 aliphatic rings. The number of likely N-dealkylation sites (N-methyl/N-ethyl adjacent to an activating group) is 1. The molecule has 80 valence electrons. The van der Waals surface area contributed by atoms with E-state index in [1.54, 1.807) is 0 Å². The Kier molecular flexibility index (Phi) is 5.26. The van der Waals surface area contributed by atoms with Crippen LogP contribution in [0.5, 0.6) is 0 Å². The highest BCUT2D eigenvalue weighted by Crippen LogP contribution is 2.13. The Hall–Kier alpha value is -0.280. The molecule has 0 saturated carbocycles. The monoisotopic (exact) mass is 213 g/mol. The van der Waals surface area contributed by atoms with Crippen LogP contribution >= 0.6 is 11.8 Å². The molecule has 0 amide bonds. The summed E-state index contributed by atoms with van der Waals surface area (Å²) in [5, 5.41) is 0. The molecule has 1 heterocycles. The maximum Gasteiger partial charge on any atom is 0.159 e. The minimum Gasteiger partial charge on any atom is -0.302 e. The average molecular weight is 213 g/mol. The highest BCUT2D eigenvalue weighted by atomic mass is 32.2. The Morgan fingerprint density at radius 2 is 2.43 bits per heavy atom. The third kappa shape index (κ3) is 3.84. The second-order valence-electron chi connectivity index (χ2n) is 3.61. The smallest absolute Gasteiger partial charge is 0.159 e. The molecule has 3 heteroatoms. The molecule has 0 spiro atoms. The topological polar surface area (TPSA) is 20.3 Å². The van der Waals surface area contributed by atoms with Crippen molar-refractivity contribution < 1.29 is 4.79 Å². The first-order valence-electron chi connectivity index (χ1n) is 5.22. The fraction of sp³-hybridized carbons (Fsp3) is 0.727. The average Bonchev–Trinajstić information content (AvgIpc) is 2.19. The van der Waals surface area contributed by atoms with E-state index in [0.717, 1.165) is 36.6 Å². The summed E-state index contributed by atoms with van der Waals surface area (Å²) in [6, 6.07) is 0. The molecule has 0 bridgehead atoms. The summed E-state index contributed by atoms with van der Waals surface area (Å²) in [6.07, 6.45) is 3.74. The number of nitrogens with zero attached hydrogens (tertiary/aromatic N) is 1. The van der Waals surface area contributed by atoms with Gasteiger partial charge in [0.2, 0.25) is 0 Å². The van der Waals surface area contributed by atoms with Gasteiger partial charge in [-0.2, -0.15) is 11.8 Å². The van der Waals surface area contributed by atoms with Gasteiger partial charge in [0.25, 0.3) is 0 Å². The van der Waals surface area contributed by atoms with Gasteiger partial charge in [0.15, 0.2) is 5.78 Å². The zero-order chi connectivity index (χ0) is 10.4. The largest absolute Gasteiger partial charge is 0.302 e. The summed E-state index contributed by atoms with van der Waals surface area (Å²) in [7, 11) is 2.09. The highest BCUT2D eigenvalue weighted by Gasteiger charge is 2.13. The van der Waals surface area contributed by atoms with Crippen molar-refractivity contribution in [3.8, 4) is 0 Å². The van der Waals surface area contributed by atoms with E-state index in [9.17, 15) is 4.79 Å². The van der Waals surface area contributed by atoms with Gasteiger partial charge >= 0.3 is 0 Å². The van der Waals surface area contributed by atoms with Crippen molar-refractivity contribution in [2.24, 2.45) is 0 Å². The van der Waals surface area contributed by atoms with Crippen LogP contribution in [0.25, 0.3) is 0 Å². The van der Waals surface area contributed by atoms with E-state index in [-0.39, 0.29) is 0 Å². The number of carbonyl (C=O) groups excluding carboxylic acids is 1. The van der Waals surface area contributed by atoms with Crippen LogP contribution in [-0.4, -0.2) is 42.3 Å². The van der Waals surface area contributed by atoms with Crippen molar-refractivity contribution in [3.63, 3.8) is 0 Å². The fourth-order valence-electron chi connectivity index (χ4n) is 1.49. The Labute approximate surface area is 90.7 Å². The van der Waals surface area contributed by atoms with E-state index in [1.165, 1.54) is 0 Å². The van der Waals surface area contributed by atoms with Crippen LogP contribution in [-0.2, 0) is 4.79 Å². The van der Waals surface area contributed by atoms with Gasteiger partial charge in [0.1, 0.15) is 0 Å². The molecule has 0 unspecified atom stereocenters. The Morgan fingerprint density at radius 3 is 3.00 bits per heavy atom. The third-order valence-electron chi connectivity index (χ3n) is 2.45. The summed E-state index contributed by atoms with van der Waals surface area (Å²) >= 11 is 1.84. The number of thioether (sulfide) groups is 1. The van der Waals surface area contributed by atoms with Crippen LogP contribution in [0.2, 0.25) is 0 Å². The lowest BCUT2D eigenvalue weighted by molar-refractivity contribution is -0.115. The molecule has 2 nitrogen and oxygen atoms in total. The number of carbonyl (C=O) groups is 1. The number of ketones is 1. The molecular formula is C11H19NOS. The molecule has 0 aromatic rings. The van der Waals surface area contributed by atoms with Crippen molar-refractivity contribution >= 4 is 17.5 Å². The summed E-state index contributed by atoms with van der Waals surface area (Å²) < 4.78 is 0. The first-order chi connectivity index (χ1) is 6.74. The lowest BCUT2D eigenvalue weighted by Crippen LogP contribution is -2.26. The minimum atomic E-state index is 0.360. The summed E-state index contributed by atoms with van der Waals surface area (Å²) in [4.78, 5) is 13.9. The van der Waals surface area contributed by atoms with E-state index in [2.05, 4.69) is 24.9 Å². The first kappa shape index (κ1) is 11.8. The maximum absolute atomic E-state index is 11.7. The fourth-order valence-corrected chi connectivity index (χ4v) is 2.11. The molecule has 0 N–H and O–H groups in total. The zero-order valence-corrected chi connectivity index (χ0v) is 9.90. The molecule has 0 aromatic carbocycles. The Balaban J connectivity index is 2.30. The van der Waals surface area contributed by atoms with Crippen LogP contribution in [0, 0.1) is 0 Å². The summed E-state index contributed by atoms with van der Waals surface area (Å²) in [5.41, 5.74) is 1.06. The highest BCUT2D eigenvalue weighted by molar-refractivity contribution is 7.99. The zero-order valence-electron chi connectivity index (χ0n) is 9.08. The molecule has 0 atom stereocenters. The van der Waals surface area contributed by atoms with Crippen LogP contribution in [0.3, 0.4) is 0 Å². The lowest BCUT2D eigenvalue weighted by Gasteiger charge is -2.21. The molecule has 0 aliphatic carbocycles. The summed E-state index contributed by atoms with van der Waals surface area (Å²) in [6.45, 7) is 4.09. The van der Waals surface area contributed by atoms with Gasteiger partial charge in [0.05, 0.1) is 0 Å². The van der Waals surface area contributed by atoms with Crippen LogP contribution in [0.4, 0.5) is 0 Å². The van der Waals surface area contributed by atoms with E-state index in [0.29, 0.717) is 12.2 Å². The molecule has 1 aliphatic heterocycles. The third-order valence-corrected chi connectivity index (χ3v) is 3.35. The van der Waals surface area contributed by atoms with Crippen molar-refractivity contribution in [1.82, 2.24) is 4.90 Å². The van der Waals surface area contributed by atoms with E-state index < -0.39 is 0 Å². The second-order valence-corrected chi connectivity index (χ2v) is 5.01. The van der Waals surface area contributed by atoms with Gasteiger partial charge in [0, 0.05) is 25.3 Å². The van der Waals surface area contributed by atoms with Gasteiger partial charge in [-0.05, 0) is 24.8 Å². The predicted molar refractivity (Wildman–Crippen MR) is 62.8 cm³/mol. The Bertz CT molecular complexity index is 225. The molecule has 0 aromatic heterocycles. The molecule has 14 heavy (non-hydrogen) atoms. The van der Waals surface area contributed by atoms with Crippen molar-refractivity contribution in [1.29, 1.82) is 0 Å². The van der Waals surface area contributed by atoms with Crippen LogP contribution in [0.1, 0.15) is 19.8 Å². The molecule has 1 rings (SSSR count). The van der Waals surface area contributed by atoms with Gasteiger partial charge in [-0.15, -0.1) is 0 Å². The SMILES string of the molecule is CCSCCC(=O)C1=CCN(C)CC1. The minimum absolute atomic E-state index is 0.360.